The van der Waals surface area contributed by atoms with Gasteiger partial charge in [0.25, 0.3) is 0 Å². The summed E-state index contributed by atoms with van der Waals surface area (Å²) < 4.78 is 21.5. The van der Waals surface area contributed by atoms with Gasteiger partial charge in [-0.3, -0.25) is 9.59 Å². The van der Waals surface area contributed by atoms with E-state index in [4.69, 9.17) is 18.9 Å². The predicted molar refractivity (Wildman–Crippen MR) is 110 cm³/mol. The highest BCUT2D eigenvalue weighted by Crippen LogP contribution is 2.37. The highest BCUT2D eigenvalue weighted by molar-refractivity contribution is 6.04. The molecule has 0 aromatic heterocycles. The van der Waals surface area contributed by atoms with Gasteiger partial charge in [-0.15, -0.1) is 0 Å². The smallest absolute Gasteiger partial charge is 0.231 e. The van der Waals surface area contributed by atoms with E-state index >= 15 is 0 Å². The third-order valence-corrected chi connectivity index (χ3v) is 5.10. The summed E-state index contributed by atoms with van der Waals surface area (Å²) >= 11 is 0. The van der Waals surface area contributed by atoms with Gasteiger partial charge < -0.3 is 29.2 Å². The van der Waals surface area contributed by atoms with Crippen molar-refractivity contribution in [2.45, 2.75) is 13.3 Å². The van der Waals surface area contributed by atoms with Gasteiger partial charge in [-0.1, -0.05) is 6.07 Å². The minimum Gasteiger partial charge on any atom is -0.489 e. The molecule has 4 rings (SSSR count). The Labute approximate surface area is 174 Å². The van der Waals surface area contributed by atoms with Crippen molar-refractivity contribution in [3.8, 4) is 17.2 Å². The molecule has 2 heterocycles. The summed E-state index contributed by atoms with van der Waals surface area (Å²) in [6, 6.07) is 10.9. The van der Waals surface area contributed by atoms with E-state index in [-0.39, 0.29) is 25.0 Å². The first-order valence-electron chi connectivity index (χ1n) is 9.78. The maximum atomic E-state index is 12.9. The van der Waals surface area contributed by atoms with Gasteiger partial charge in [-0.2, -0.15) is 0 Å². The maximum absolute atomic E-state index is 12.9. The Balaban J connectivity index is 1.44. The van der Waals surface area contributed by atoms with Gasteiger partial charge in [0.2, 0.25) is 18.6 Å². The molecule has 0 aliphatic carbocycles. The summed E-state index contributed by atoms with van der Waals surface area (Å²) in [7, 11) is 1.60. The quantitative estimate of drug-likeness (QED) is 0.704. The molecular weight excluding hydrogens is 388 g/mol. The Kier molecular flexibility index (Phi) is 5.76. The third kappa shape index (κ3) is 4.18. The molecule has 0 spiro atoms. The van der Waals surface area contributed by atoms with Gasteiger partial charge in [0.1, 0.15) is 12.4 Å². The fourth-order valence-corrected chi connectivity index (χ4v) is 3.51. The Morgan fingerprint density at radius 1 is 1.17 bits per heavy atom. The van der Waals surface area contributed by atoms with Crippen LogP contribution >= 0.6 is 0 Å². The van der Waals surface area contributed by atoms with Crippen LogP contribution in [0.3, 0.4) is 0 Å². The Hall–Kier alpha value is -3.26. The summed E-state index contributed by atoms with van der Waals surface area (Å²) in [5.74, 6) is 1.06. The van der Waals surface area contributed by atoms with Crippen molar-refractivity contribution in [1.29, 1.82) is 0 Å². The van der Waals surface area contributed by atoms with E-state index in [2.05, 4.69) is 5.32 Å². The number of hydrogen-bond acceptors (Lipinski definition) is 6. The lowest BCUT2D eigenvalue weighted by Crippen LogP contribution is -2.28. The molecule has 1 saturated heterocycles. The van der Waals surface area contributed by atoms with Crippen molar-refractivity contribution < 1.29 is 28.5 Å². The summed E-state index contributed by atoms with van der Waals surface area (Å²) in [6.07, 6.45) is 0.145. The van der Waals surface area contributed by atoms with Gasteiger partial charge in [-0.25, -0.2) is 0 Å². The normalized spacial score (nSPS) is 17.3. The van der Waals surface area contributed by atoms with Crippen molar-refractivity contribution in [1.82, 2.24) is 0 Å². The summed E-state index contributed by atoms with van der Waals surface area (Å²) in [5.41, 5.74) is 2.29. The number of benzene rings is 2. The first-order chi connectivity index (χ1) is 14.5. The van der Waals surface area contributed by atoms with Crippen LogP contribution in [0.2, 0.25) is 0 Å². The number of aryl methyl sites for hydroxylation is 1. The molecule has 2 aromatic carbocycles. The lowest BCUT2D eigenvalue weighted by molar-refractivity contribution is -0.122. The van der Waals surface area contributed by atoms with Crippen LogP contribution < -0.4 is 24.4 Å². The van der Waals surface area contributed by atoms with E-state index in [1.165, 1.54) is 0 Å². The standard InChI is InChI=1S/C22H24N2O6/c1-14-3-5-17(19(9-14)28-8-7-27-2)23-22(26)15-10-21(25)24(12-15)16-4-6-18-20(11-16)30-13-29-18/h3-6,9,11,15H,7-8,10,12-13H2,1-2H3,(H,23,26). The minimum atomic E-state index is -0.462. The number of nitrogens with one attached hydrogen (secondary N) is 1. The second kappa shape index (κ2) is 8.62. The Morgan fingerprint density at radius 3 is 2.83 bits per heavy atom. The molecule has 1 fully saturated rings. The van der Waals surface area contributed by atoms with Gasteiger partial charge in [-0.05, 0) is 36.8 Å². The van der Waals surface area contributed by atoms with E-state index in [0.29, 0.717) is 48.4 Å². The molecule has 0 saturated carbocycles. The van der Waals surface area contributed by atoms with Gasteiger partial charge >= 0.3 is 0 Å². The fraction of sp³-hybridized carbons (Fsp3) is 0.364. The zero-order valence-corrected chi connectivity index (χ0v) is 17.0. The van der Waals surface area contributed by atoms with Gasteiger partial charge in [0.15, 0.2) is 11.5 Å². The maximum Gasteiger partial charge on any atom is 0.231 e. The molecule has 8 heteroatoms. The number of carbonyl (C=O) groups is 2. The molecular formula is C22H24N2O6. The van der Waals surface area contributed by atoms with Crippen molar-refractivity contribution in [3.05, 3.63) is 42.0 Å². The number of amides is 2. The first kappa shape index (κ1) is 20.0. The molecule has 2 amide bonds. The lowest BCUT2D eigenvalue weighted by atomic mass is 10.1. The molecule has 0 bridgehead atoms. The second-order valence-corrected chi connectivity index (χ2v) is 7.27. The topological polar surface area (TPSA) is 86.3 Å². The molecule has 158 valence electrons. The SMILES string of the molecule is COCCOc1cc(C)ccc1NC(=O)C1CC(=O)N(c2ccc3c(c2)OCO3)C1. The molecule has 8 nitrogen and oxygen atoms in total. The summed E-state index contributed by atoms with van der Waals surface area (Å²) in [4.78, 5) is 27.0. The second-order valence-electron chi connectivity index (χ2n) is 7.27. The highest BCUT2D eigenvalue weighted by Gasteiger charge is 2.36. The highest BCUT2D eigenvalue weighted by atomic mass is 16.7. The Bertz CT molecular complexity index is 961. The molecule has 0 radical (unpaired) electrons. The molecule has 1 N–H and O–H groups in total. The van der Waals surface area contributed by atoms with Crippen LogP contribution in [-0.4, -0.2) is 45.5 Å². The number of anilines is 2. The van der Waals surface area contributed by atoms with Crippen molar-refractivity contribution in [3.63, 3.8) is 0 Å². The predicted octanol–water partition coefficient (Wildman–Crippen LogP) is 2.74. The van der Waals surface area contributed by atoms with E-state index in [1.807, 2.05) is 25.1 Å². The third-order valence-electron chi connectivity index (χ3n) is 5.10. The van der Waals surface area contributed by atoms with Gasteiger partial charge in [0.05, 0.1) is 18.2 Å². The van der Waals surface area contributed by atoms with E-state index in [0.717, 1.165) is 5.56 Å². The van der Waals surface area contributed by atoms with Crippen molar-refractivity contribution in [2.24, 2.45) is 5.92 Å². The van der Waals surface area contributed by atoms with Crippen molar-refractivity contribution >= 4 is 23.2 Å². The number of methoxy groups -OCH3 is 1. The molecule has 1 atom stereocenters. The average molecular weight is 412 g/mol. The number of ether oxygens (including phenoxy) is 4. The summed E-state index contributed by atoms with van der Waals surface area (Å²) in [5, 5.41) is 2.91. The van der Waals surface area contributed by atoms with Crippen LogP contribution in [0.1, 0.15) is 12.0 Å². The average Bonchev–Trinajstić information content (AvgIpc) is 3.36. The number of rotatable bonds is 7. The van der Waals surface area contributed by atoms with E-state index in [1.54, 1.807) is 30.2 Å². The molecule has 30 heavy (non-hydrogen) atoms. The van der Waals surface area contributed by atoms with E-state index in [9.17, 15) is 9.59 Å². The van der Waals surface area contributed by atoms with Crippen LogP contribution in [0, 0.1) is 12.8 Å². The zero-order chi connectivity index (χ0) is 21.1. The van der Waals surface area contributed by atoms with Crippen molar-refractivity contribution in [2.75, 3.05) is 43.9 Å². The Morgan fingerprint density at radius 2 is 2.00 bits per heavy atom. The van der Waals surface area contributed by atoms with E-state index < -0.39 is 5.92 Å². The van der Waals surface area contributed by atoms with Gasteiger partial charge in [0, 0.05) is 31.8 Å². The fourth-order valence-electron chi connectivity index (χ4n) is 3.51. The first-order valence-corrected chi connectivity index (χ1v) is 9.78. The lowest BCUT2D eigenvalue weighted by Gasteiger charge is -2.18. The van der Waals surface area contributed by atoms with Crippen LogP contribution in [0.5, 0.6) is 17.2 Å². The van der Waals surface area contributed by atoms with Crippen LogP contribution in [0.4, 0.5) is 11.4 Å². The molecule has 2 aliphatic heterocycles. The molecule has 2 aromatic rings. The number of fused-ring (bicyclic) bond motifs is 1. The summed E-state index contributed by atoms with van der Waals surface area (Å²) in [6.45, 7) is 3.25. The number of hydrogen-bond donors (Lipinski definition) is 1. The molecule has 2 aliphatic rings. The number of nitrogens with zero attached hydrogens (tertiary/aromatic N) is 1. The minimum absolute atomic E-state index is 0.102. The largest absolute Gasteiger partial charge is 0.489 e. The molecule has 1 unspecified atom stereocenters. The van der Waals surface area contributed by atoms with Crippen LogP contribution in [-0.2, 0) is 14.3 Å². The zero-order valence-electron chi connectivity index (χ0n) is 17.0. The monoisotopic (exact) mass is 412 g/mol. The van der Waals surface area contributed by atoms with Crippen LogP contribution in [0.15, 0.2) is 36.4 Å². The number of carbonyl (C=O) groups excluding carboxylic acids is 2. The van der Waals surface area contributed by atoms with Crippen LogP contribution in [0.25, 0.3) is 0 Å².